The van der Waals surface area contributed by atoms with E-state index in [1.807, 2.05) is 13.0 Å². The maximum Gasteiger partial charge on any atom is 0.273 e. The van der Waals surface area contributed by atoms with Crippen LogP contribution in [0, 0.1) is 11.3 Å². The highest BCUT2D eigenvalue weighted by Gasteiger charge is 2.14. The van der Waals surface area contributed by atoms with Gasteiger partial charge in [-0.1, -0.05) is 0 Å². The van der Waals surface area contributed by atoms with Crippen LogP contribution in [0.3, 0.4) is 0 Å². The van der Waals surface area contributed by atoms with Crippen molar-refractivity contribution < 1.29 is 4.79 Å². The molecule has 1 amide bonds. The van der Waals surface area contributed by atoms with E-state index < -0.39 is 0 Å². The van der Waals surface area contributed by atoms with Gasteiger partial charge in [0.05, 0.1) is 18.0 Å². The molecule has 1 aromatic heterocycles. The third kappa shape index (κ3) is 2.54. The Labute approximate surface area is 86.8 Å². The van der Waals surface area contributed by atoms with Crippen molar-refractivity contribution in [1.29, 1.82) is 5.26 Å². The van der Waals surface area contributed by atoms with Gasteiger partial charge in [-0.3, -0.25) is 4.79 Å². The first kappa shape index (κ1) is 10.7. The van der Waals surface area contributed by atoms with E-state index in [4.69, 9.17) is 5.26 Å². The van der Waals surface area contributed by atoms with E-state index in [1.165, 1.54) is 11.3 Å². The number of aromatic nitrogens is 1. The van der Waals surface area contributed by atoms with Gasteiger partial charge in [-0.2, -0.15) is 5.26 Å². The van der Waals surface area contributed by atoms with Crippen LogP contribution in [-0.4, -0.2) is 28.9 Å². The molecule has 0 N–H and O–H groups in total. The summed E-state index contributed by atoms with van der Waals surface area (Å²) in [5, 5.41) is 10.1. The van der Waals surface area contributed by atoms with E-state index in [2.05, 4.69) is 4.98 Å². The smallest absolute Gasteiger partial charge is 0.273 e. The van der Waals surface area contributed by atoms with Crippen molar-refractivity contribution in [2.75, 3.05) is 13.1 Å². The second kappa shape index (κ2) is 5.35. The number of hydrogen-bond acceptors (Lipinski definition) is 4. The highest BCUT2D eigenvalue weighted by atomic mass is 32.1. The molecule has 0 aliphatic carbocycles. The van der Waals surface area contributed by atoms with Crippen LogP contribution in [0.2, 0.25) is 0 Å². The van der Waals surface area contributed by atoms with Gasteiger partial charge in [-0.15, -0.1) is 11.3 Å². The van der Waals surface area contributed by atoms with Crippen molar-refractivity contribution in [3.05, 3.63) is 16.6 Å². The van der Waals surface area contributed by atoms with Crippen LogP contribution in [0.15, 0.2) is 10.9 Å². The van der Waals surface area contributed by atoms with Crippen LogP contribution in [0.25, 0.3) is 0 Å². The Hall–Kier alpha value is -1.41. The molecule has 0 aliphatic rings. The van der Waals surface area contributed by atoms with E-state index >= 15 is 0 Å². The standard InChI is InChI=1S/C9H11N3OS/c1-2-12(5-3-4-10)9(13)8-6-14-7-11-8/h6-7H,2-3,5H2,1H3. The lowest BCUT2D eigenvalue weighted by Crippen LogP contribution is -2.31. The van der Waals surface area contributed by atoms with Gasteiger partial charge in [-0.05, 0) is 6.92 Å². The number of hydrogen-bond donors (Lipinski definition) is 0. The Balaban J connectivity index is 2.62. The first-order chi connectivity index (χ1) is 6.79. The Bertz CT molecular complexity index is 328. The van der Waals surface area contributed by atoms with Crippen LogP contribution in [0.4, 0.5) is 0 Å². The molecule has 14 heavy (non-hydrogen) atoms. The molecular formula is C9H11N3OS. The Morgan fingerprint density at radius 2 is 2.57 bits per heavy atom. The van der Waals surface area contributed by atoms with Crippen LogP contribution >= 0.6 is 11.3 Å². The number of carbonyl (C=O) groups is 1. The molecule has 0 atom stereocenters. The van der Waals surface area contributed by atoms with Crippen molar-refractivity contribution in [1.82, 2.24) is 9.88 Å². The average molecular weight is 209 g/mol. The van der Waals surface area contributed by atoms with Gasteiger partial charge in [0.25, 0.3) is 5.91 Å². The molecule has 0 bridgehead atoms. The van der Waals surface area contributed by atoms with Crippen molar-refractivity contribution in [3.63, 3.8) is 0 Å². The van der Waals surface area contributed by atoms with Crippen LogP contribution in [0.1, 0.15) is 23.8 Å². The van der Waals surface area contributed by atoms with Gasteiger partial charge in [-0.25, -0.2) is 4.98 Å². The largest absolute Gasteiger partial charge is 0.337 e. The lowest BCUT2D eigenvalue weighted by atomic mass is 10.3. The molecule has 0 saturated carbocycles. The molecule has 0 radical (unpaired) electrons. The molecule has 74 valence electrons. The van der Waals surface area contributed by atoms with Gasteiger partial charge < -0.3 is 4.90 Å². The monoisotopic (exact) mass is 209 g/mol. The first-order valence-corrected chi connectivity index (χ1v) is 5.28. The summed E-state index contributed by atoms with van der Waals surface area (Å²) in [6, 6.07) is 2.02. The molecule has 0 unspecified atom stereocenters. The highest BCUT2D eigenvalue weighted by Crippen LogP contribution is 2.05. The fourth-order valence-corrected chi connectivity index (χ4v) is 1.59. The molecule has 0 saturated heterocycles. The van der Waals surface area contributed by atoms with Gasteiger partial charge in [0, 0.05) is 18.5 Å². The molecule has 5 heteroatoms. The Morgan fingerprint density at radius 3 is 3.07 bits per heavy atom. The Kier molecular flexibility index (Phi) is 4.08. The second-order valence-corrected chi connectivity index (χ2v) is 3.39. The zero-order chi connectivity index (χ0) is 10.4. The summed E-state index contributed by atoms with van der Waals surface area (Å²) in [6.45, 7) is 2.98. The van der Waals surface area contributed by atoms with E-state index in [9.17, 15) is 4.79 Å². The number of nitrogens with zero attached hydrogens (tertiary/aromatic N) is 3. The molecule has 1 heterocycles. The Morgan fingerprint density at radius 1 is 1.79 bits per heavy atom. The summed E-state index contributed by atoms with van der Waals surface area (Å²) in [7, 11) is 0. The SMILES string of the molecule is CCN(CCC#N)C(=O)c1cscn1. The molecule has 0 fully saturated rings. The molecule has 1 rings (SSSR count). The third-order valence-corrected chi connectivity index (χ3v) is 2.40. The maximum atomic E-state index is 11.7. The fourth-order valence-electron chi connectivity index (χ4n) is 1.07. The lowest BCUT2D eigenvalue weighted by Gasteiger charge is -2.17. The van der Waals surface area contributed by atoms with E-state index in [0.29, 0.717) is 25.2 Å². The van der Waals surface area contributed by atoms with Crippen LogP contribution in [-0.2, 0) is 0 Å². The van der Waals surface area contributed by atoms with Crippen molar-refractivity contribution in [2.45, 2.75) is 13.3 Å². The fraction of sp³-hybridized carbons (Fsp3) is 0.444. The normalized spacial score (nSPS) is 9.43. The van der Waals surface area contributed by atoms with Gasteiger partial charge >= 0.3 is 0 Å². The van der Waals surface area contributed by atoms with Crippen LogP contribution in [0.5, 0.6) is 0 Å². The van der Waals surface area contributed by atoms with Gasteiger partial charge in [0.1, 0.15) is 5.69 Å². The van der Waals surface area contributed by atoms with E-state index in [1.54, 1.807) is 15.8 Å². The van der Waals surface area contributed by atoms with Gasteiger partial charge in [0.2, 0.25) is 0 Å². The highest BCUT2D eigenvalue weighted by molar-refractivity contribution is 7.07. The van der Waals surface area contributed by atoms with Crippen molar-refractivity contribution in [2.24, 2.45) is 0 Å². The van der Waals surface area contributed by atoms with E-state index in [-0.39, 0.29) is 5.91 Å². The summed E-state index contributed by atoms with van der Waals surface area (Å²) < 4.78 is 0. The first-order valence-electron chi connectivity index (χ1n) is 4.34. The maximum absolute atomic E-state index is 11.7. The lowest BCUT2D eigenvalue weighted by molar-refractivity contribution is 0.0763. The minimum atomic E-state index is -0.0935. The summed E-state index contributed by atoms with van der Waals surface area (Å²) in [4.78, 5) is 17.3. The topological polar surface area (TPSA) is 57.0 Å². The van der Waals surface area contributed by atoms with E-state index in [0.717, 1.165) is 0 Å². The van der Waals surface area contributed by atoms with Gasteiger partial charge in [0.15, 0.2) is 0 Å². The number of carbonyl (C=O) groups excluding carboxylic acids is 1. The van der Waals surface area contributed by atoms with Crippen molar-refractivity contribution >= 4 is 17.2 Å². The minimum Gasteiger partial charge on any atom is -0.337 e. The summed E-state index contributed by atoms with van der Waals surface area (Å²) >= 11 is 1.40. The second-order valence-electron chi connectivity index (χ2n) is 2.67. The zero-order valence-corrected chi connectivity index (χ0v) is 8.75. The molecule has 4 nitrogen and oxygen atoms in total. The molecule has 0 aromatic carbocycles. The van der Waals surface area contributed by atoms with Crippen molar-refractivity contribution in [3.8, 4) is 6.07 Å². The average Bonchev–Trinajstić information content (AvgIpc) is 2.71. The number of rotatable bonds is 4. The predicted octanol–water partition coefficient (Wildman–Crippen LogP) is 1.52. The number of amides is 1. The molecule has 0 spiro atoms. The molecule has 1 aromatic rings. The third-order valence-electron chi connectivity index (χ3n) is 1.81. The summed E-state index contributed by atoms with van der Waals surface area (Å²) in [5.74, 6) is -0.0935. The predicted molar refractivity (Wildman–Crippen MR) is 53.9 cm³/mol. The number of thiazole rings is 1. The minimum absolute atomic E-state index is 0.0935. The number of nitriles is 1. The summed E-state index contributed by atoms with van der Waals surface area (Å²) in [5.41, 5.74) is 2.10. The molecular weight excluding hydrogens is 198 g/mol. The van der Waals surface area contributed by atoms with Crippen LogP contribution < -0.4 is 0 Å². The quantitative estimate of drug-likeness (QED) is 0.755. The molecule has 0 aliphatic heterocycles. The summed E-state index contributed by atoms with van der Waals surface area (Å²) in [6.07, 6.45) is 0.365. The zero-order valence-electron chi connectivity index (χ0n) is 7.93.